The maximum atomic E-state index is 11.9. The van der Waals surface area contributed by atoms with Gasteiger partial charge in [-0.25, -0.2) is 9.67 Å². The van der Waals surface area contributed by atoms with Gasteiger partial charge in [0.15, 0.2) is 5.82 Å². The zero-order valence-electron chi connectivity index (χ0n) is 21.3. The first-order valence-electron chi connectivity index (χ1n) is 12.6. The standard InChI is InChI=1S/C27H29ClN6O4/c1-37-26(36)15-34-24(31-32-33-34)11-7-17-5-6-18(13-22(17)28)21(14-19-8-12-25(35)29-19)23-10-9-20(16-3-4-16)27(30-23)38-2/h5-6,9-10,13-14,16,19H,3-4,7-8,11-12,15H2,1-2H3,(H,29,35)/b21-14+/t19-/m1/s1. The van der Waals surface area contributed by atoms with Crippen molar-refractivity contribution in [2.45, 2.75) is 57.0 Å². The second kappa shape index (κ2) is 11.3. The predicted molar refractivity (Wildman–Crippen MR) is 140 cm³/mol. The van der Waals surface area contributed by atoms with Gasteiger partial charge >= 0.3 is 5.97 Å². The normalized spacial score (nSPS) is 17.4. The lowest BCUT2D eigenvalue weighted by Gasteiger charge is -2.15. The molecule has 5 rings (SSSR count). The number of carbonyl (C=O) groups is 2. The molecule has 3 aromatic rings. The summed E-state index contributed by atoms with van der Waals surface area (Å²) in [7, 11) is 2.97. The van der Waals surface area contributed by atoms with Crippen molar-refractivity contribution in [2.24, 2.45) is 0 Å². The Morgan fingerprint density at radius 2 is 2.03 bits per heavy atom. The van der Waals surface area contributed by atoms with E-state index in [-0.39, 0.29) is 18.5 Å². The SMILES string of the molecule is COC(=O)Cn1nnnc1CCc1ccc(/C(=C\[C@H]2CCC(=O)N2)c2ccc(C3CC3)c(OC)n2)cc1Cl. The van der Waals surface area contributed by atoms with E-state index in [1.54, 1.807) is 7.11 Å². The van der Waals surface area contributed by atoms with Gasteiger partial charge in [-0.15, -0.1) is 5.10 Å². The molecule has 1 amide bonds. The third-order valence-electron chi connectivity index (χ3n) is 6.87. The first-order valence-corrected chi connectivity index (χ1v) is 13.0. The Hall–Kier alpha value is -3.79. The third-order valence-corrected chi connectivity index (χ3v) is 7.22. The quantitative estimate of drug-likeness (QED) is 0.392. The molecule has 1 aliphatic heterocycles. The lowest BCUT2D eigenvalue weighted by molar-refractivity contribution is -0.141. The van der Waals surface area contributed by atoms with Crippen LogP contribution in [0.2, 0.25) is 5.02 Å². The maximum absolute atomic E-state index is 11.9. The molecule has 1 atom stereocenters. The molecule has 3 heterocycles. The van der Waals surface area contributed by atoms with E-state index in [1.165, 1.54) is 11.8 Å². The summed E-state index contributed by atoms with van der Waals surface area (Å²) in [6.45, 7) is -0.0483. The van der Waals surface area contributed by atoms with E-state index in [2.05, 4.69) is 33.0 Å². The van der Waals surface area contributed by atoms with Crippen molar-refractivity contribution in [3.8, 4) is 5.88 Å². The molecule has 1 aromatic carbocycles. The molecular formula is C27H29ClN6O4. The number of aryl methyl sites for hydroxylation is 2. The number of methoxy groups -OCH3 is 2. The molecule has 2 aliphatic rings. The zero-order chi connectivity index (χ0) is 26.6. The molecule has 1 N–H and O–H groups in total. The summed E-state index contributed by atoms with van der Waals surface area (Å²) in [6, 6.07) is 9.92. The smallest absolute Gasteiger partial charge is 0.327 e. The minimum Gasteiger partial charge on any atom is -0.481 e. The number of halogens is 1. The molecule has 1 saturated heterocycles. The summed E-state index contributed by atoms with van der Waals surface area (Å²) >= 11 is 6.75. The van der Waals surface area contributed by atoms with Crippen molar-refractivity contribution < 1.29 is 19.1 Å². The Kier molecular flexibility index (Phi) is 7.69. The van der Waals surface area contributed by atoms with Gasteiger partial charge in [0.1, 0.15) is 6.54 Å². The second-order valence-electron chi connectivity index (χ2n) is 9.50. The molecule has 198 valence electrons. The van der Waals surface area contributed by atoms with Gasteiger partial charge in [-0.3, -0.25) is 9.59 Å². The van der Waals surface area contributed by atoms with Gasteiger partial charge in [-0.2, -0.15) is 0 Å². The van der Waals surface area contributed by atoms with Crippen molar-refractivity contribution in [3.05, 3.63) is 69.6 Å². The van der Waals surface area contributed by atoms with Crippen LogP contribution in [0.25, 0.3) is 5.57 Å². The molecule has 0 bridgehead atoms. The van der Waals surface area contributed by atoms with Gasteiger partial charge < -0.3 is 14.8 Å². The van der Waals surface area contributed by atoms with Crippen molar-refractivity contribution in [1.82, 2.24) is 30.5 Å². The molecule has 38 heavy (non-hydrogen) atoms. The van der Waals surface area contributed by atoms with Gasteiger partial charge in [0, 0.05) is 35.0 Å². The van der Waals surface area contributed by atoms with Gasteiger partial charge in [-0.1, -0.05) is 35.9 Å². The van der Waals surface area contributed by atoms with E-state index < -0.39 is 5.97 Å². The van der Waals surface area contributed by atoms with Crippen LogP contribution in [0.4, 0.5) is 0 Å². The molecule has 0 spiro atoms. The number of esters is 1. The van der Waals surface area contributed by atoms with Crippen LogP contribution in [0.5, 0.6) is 5.88 Å². The van der Waals surface area contributed by atoms with Crippen molar-refractivity contribution >= 4 is 29.1 Å². The number of hydrogen-bond donors (Lipinski definition) is 1. The second-order valence-corrected chi connectivity index (χ2v) is 9.90. The summed E-state index contributed by atoms with van der Waals surface area (Å²) < 4.78 is 11.8. The number of nitrogens with one attached hydrogen (secondary N) is 1. The Labute approximate surface area is 225 Å². The number of aromatic nitrogens is 5. The Morgan fingerprint density at radius 3 is 2.71 bits per heavy atom. The average Bonchev–Trinajstić information content (AvgIpc) is 3.55. The molecule has 2 aromatic heterocycles. The number of amides is 1. The Balaban J connectivity index is 1.41. The first-order chi connectivity index (χ1) is 18.4. The molecule has 2 fully saturated rings. The van der Waals surface area contributed by atoms with Crippen LogP contribution >= 0.6 is 11.6 Å². The van der Waals surface area contributed by atoms with E-state index in [0.29, 0.717) is 41.9 Å². The Bertz CT molecular complexity index is 1380. The topological polar surface area (TPSA) is 121 Å². The van der Waals surface area contributed by atoms with Crippen LogP contribution < -0.4 is 10.1 Å². The van der Waals surface area contributed by atoms with Gasteiger partial charge in [0.2, 0.25) is 11.8 Å². The monoisotopic (exact) mass is 536 g/mol. The average molecular weight is 537 g/mol. The molecule has 0 unspecified atom stereocenters. The number of tetrazole rings is 1. The summed E-state index contributed by atoms with van der Waals surface area (Å²) in [5.41, 5.74) is 4.59. The number of rotatable bonds is 10. The molecular weight excluding hydrogens is 508 g/mol. The molecule has 11 heteroatoms. The summed E-state index contributed by atoms with van der Waals surface area (Å²) in [5.74, 6) is 1.34. The van der Waals surface area contributed by atoms with Crippen LogP contribution in [0, 0.1) is 0 Å². The zero-order valence-corrected chi connectivity index (χ0v) is 22.1. The van der Waals surface area contributed by atoms with Crippen LogP contribution in [0.1, 0.15) is 59.8 Å². The summed E-state index contributed by atoms with van der Waals surface area (Å²) in [4.78, 5) is 28.3. The van der Waals surface area contributed by atoms with Gasteiger partial charge in [-0.05, 0) is 65.3 Å². The number of hydrogen-bond acceptors (Lipinski definition) is 8. The van der Waals surface area contributed by atoms with Crippen LogP contribution in [0.15, 0.2) is 36.4 Å². The number of nitrogens with zero attached hydrogens (tertiary/aromatic N) is 5. The van der Waals surface area contributed by atoms with Crippen molar-refractivity contribution in [2.75, 3.05) is 14.2 Å². The maximum Gasteiger partial charge on any atom is 0.327 e. The van der Waals surface area contributed by atoms with E-state index >= 15 is 0 Å². The molecule has 10 nitrogen and oxygen atoms in total. The fraction of sp³-hybridized carbons (Fsp3) is 0.407. The fourth-order valence-electron chi connectivity index (χ4n) is 4.64. The van der Waals surface area contributed by atoms with Gasteiger partial charge in [0.05, 0.1) is 19.9 Å². The van der Waals surface area contributed by atoms with Crippen molar-refractivity contribution in [1.29, 1.82) is 0 Å². The van der Waals surface area contributed by atoms with Crippen LogP contribution in [-0.4, -0.2) is 57.3 Å². The summed E-state index contributed by atoms with van der Waals surface area (Å²) in [5, 5.41) is 15.2. The number of ether oxygens (including phenoxy) is 2. The lowest BCUT2D eigenvalue weighted by Crippen LogP contribution is -2.23. The van der Waals surface area contributed by atoms with Crippen LogP contribution in [-0.2, 0) is 33.7 Å². The summed E-state index contributed by atoms with van der Waals surface area (Å²) in [6.07, 6.45) is 6.67. The lowest BCUT2D eigenvalue weighted by atomic mass is 9.96. The minimum absolute atomic E-state index is 0.0446. The number of pyridine rings is 1. The molecule has 1 saturated carbocycles. The van der Waals surface area contributed by atoms with Crippen molar-refractivity contribution in [3.63, 3.8) is 0 Å². The number of carbonyl (C=O) groups excluding carboxylic acids is 2. The van der Waals surface area contributed by atoms with Gasteiger partial charge in [0.25, 0.3) is 0 Å². The van der Waals surface area contributed by atoms with E-state index in [1.807, 2.05) is 24.3 Å². The Morgan fingerprint density at radius 1 is 1.18 bits per heavy atom. The highest BCUT2D eigenvalue weighted by Gasteiger charge is 2.28. The predicted octanol–water partition coefficient (Wildman–Crippen LogP) is 3.28. The highest BCUT2D eigenvalue weighted by Crippen LogP contribution is 2.44. The first kappa shape index (κ1) is 25.8. The molecule has 0 radical (unpaired) electrons. The van der Waals surface area contributed by atoms with E-state index in [0.717, 1.165) is 47.2 Å². The van der Waals surface area contributed by atoms with E-state index in [4.69, 9.17) is 26.1 Å². The largest absolute Gasteiger partial charge is 0.481 e. The highest BCUT2D eigenvalue weighted by atomic mass is 35.5. The minimum atomic E-state index is -0.422. The highest BCUT2D eigenvalue weighted by molar-refractivity contribution is 6.31. The number of benzene rings is 1. The third kappa shape index (κ3) is 5.85. The van der Waals surface area contributed by atoms with Crippen LogP contribution in [0.3, 0.4) is 0 Å². The van der Waals surface area contributed by atoms with E-state index in [9.17, 15) is 9.59 Å². The molecule has 1 aliphatic carbocycles. The fourth-order valence-corrected chi connectivity index (χ4v) is 4.91.